The number of carbonyl (C=O) groups is 2. The number of rotatable bonds is 5. The van der Waals surface area contributed by atoms with Crippen molar-refractivity contribution >= 4 is 17.5 Å². The Morgan fingerprint density at radius 3 is 2.90 bits per heavy atom. The van der Waals surface area contributed by atoms with Crippen molar-refractivity contribution in [2.75, 3.05) is 13.2 Å². The molecule has 1 N–H and O–H groups in total. The molecular formula is C16H20N2O3. The highest BCUT2D eigenvalue weighted by Crippen LogP contribution is 2.29. The third-order valence-electron chi connectivity index (χ3n) is 3.30. The van der Waals surface area contributed by atoms with Gasteiger partial charge in [0.05, 0.1) is 5.71 Å². The van der Waals surface area contributed by atoms with Crippen LogP contribution in [0.1, 0.15) is 26.7 Å². The van der Waals surface area contributed by atoms with E-state index in [0.717, 1.165) is 24.1 Å². The van der Waals surface area contributed by atoms with Crippen LogP contribution in [0.4, 0.5) is 0 Å². The van der Waals surface area contributed by atoms with Gasteiger partial charge in [0.15, 0.2) is 0 Å². The Hall–Kier alpha value is -2.01. The highest BCUT2D eigenvalue weighted by atomic mass is 16.5. The minimum absolute atomic E-state index is 0.0201. The molecule has 0 fully saturated rings. The molecule has 1 aliphatic carbocycles. The zero-order valence-corrected chi connectivity index (χ0v) is 12.4. The van der Waals surface area contributed by atoms with Crippen LogP contribution < -0.4 is 5.32 Å². The van der Waals surface area contributed by atoms with Gasteiger partial charge in [-0.25, -0.2) is 4.99 Å². The number of nitrogens with zero attached hydrogens (tertiary/aromatic N) is 1. The van der Waals surface area contributed by atoms with E-state index in [-0.39, 0.29) is 24.3 Å². The zero-order valence-electron chi connectivity index (χ0n) is 12.4. The predicted octanol–water partition coefficient (Wildman–Crippen LogP) is 1.92. The van der Waals surface area contributed by atoms with Crippen LogP contribution in [0.5, 0.6) is 0 Å². The molecular weight excluding hydrogens is 268 g/mol. The molecule has 0 aromatic heterocycles. The van der Waals surface area contributed by atoms with Crippen LogP contribution in [0.25, 0.3) is 0 Å². The van der Waals surface area contributed by atoms with Gasteiger partial charge in [0.25, 0.3) is 5.91 Å². The lowest BCUT2D eigenvalue weighted by atomic mass is 9.85. The molecule has 0 spiro atoms. The number of carbonyl (C=O) groups excluding carboxylic acids is 2. The largest absolute Gasteiger partial charge is 0.372 e. The molecule has 0 bridgehead atoms. The average Bonchev–Trinajstić information content (AvgIpc) is 2.45. The molecule has 1 aliphatic heterocycles. The minimum Gasteiger partial charge on any atom is -0.372 e. The molecule has 2 aliphatic rings. The van der Waals surface area contributed by atoms with E-state index >= 15 is 0 Å². The quantitative estimate of drug-likeness (QED) is 0.840. The van der Waals surface area contributed by atoms with Gasteiger partial charge in [-0.1, -0.05) is 25.0 Å². The number of aliphatic imine (C=N–C) groups is 1. The third-order valence-corrected chi connectivity index (χ3v) is 3.30. The summed E-state index contributed by atoms with van der Waals surface area (Å²) in [7, 11) is 0. The van der Waals surface area contributed by atoms with Crippen molar-refractivity contribution in [2.24, 2.45) is 10.9 Å². The summed E-state index contributed by atoms with van der Waals surface area (Å²) in [4.78, 5) is 27.3. The second kappa shape index (κ2) is 7.13. The summed E-state index contributed by atoms with van der Waals surface area (Å²) >= 11 is 0. The van der Waals surface area contributed by atoms with E-state index in [4.69, 9.17) is 4.74 Å². The first-order valence-electron chi connectivity index (χ1n) is 7.24. The Balaban J connectivity index is 2.15. The van der Waals surface area contributed by atoms with Gasteiger partial charge in [-0.2, -0.15) is 0 Å². The summed E-state index contributed by atoms with van der Waals surface area (Å²) in [5.41, 5.74) is 2.43. The zero-order chi connectivity index (χ0) is 15.2. The highest BCUT2D eigenvalue weighted by molar-refractivity contribution is 6.11. The molecule has 1 unspecified atom stereocenters. The molecule has 5 heteroatoms. The van der Waals surface area contributed by atoms with E-state index in [1.807, 2.05) is 19.1 Å². The van der Waals surface area contributed by atoms with Gasteiger partial charge in [0.1, 0.15) is 6.61 Å². The van der Waals surface area contributed by atoms with E-state index < -0.39 is 0 Å². The normalized spacial score (nSPS) is 22.5. The van der Waals surface area contributed by atoms with Crippen molar-refractivity contribution in [1.29, 1.82) is 0 Å². The first-order chi connectivity index (χ1) is 10.1. The van der Waals surface area contributed by atoms with Gasteiger partial charge >= 0.3 is 0 Å². The molecule has 5 nitrogen and oxygen atoms in total. The van der Waals surface area contributed by atoms with Crippen molar-refractivity contribution in [1.82, 2.24) is 5.32 Å². The van der Waals surface area contributed by atoms with Gasteiger partial charge in [-0.15, -0.1) is 0 Å². The fourth-order valence-corrected chi connectivity index (χ4v) is 2.42. The van der Waals surface area contributed by atoms with Crippen molar-refractivity contribution in [2.45, 2.75) is 26.7 Å². The summed E-state index contributed by atoms with van der Waals surface area (Å²) in [6.45, 7) is 4.37. The van der Waals surface area contributed by atoms with Crippen molar-refractivity contribution < 1.29 is 14.3 Å². The summed E-state index contributed by atoms with van der Waals surface area (Å²) in [6, 6.07) is 0. The van der Waals surface area contributed by atoms with Crippen LogP contribution >= 0.6 is 0 Å². The second-order valence-electron chi connectivity index (χ2n) is 4.96. The van der Waals surface area contributed by atoms with Gasteiger partial charge in [0, 0.05) is 24.3 Å². The number of ether oxygens (including phenoxy) is 1. The molecule has 2 rings (SSSR count). The van der Waals surface area contributed by atoms with Crippen LogP contribution in [-0.2, 0) is 14.3 Å². The number of nitrogens with one attached hydrogen (secondary N) is 1. The summed E-state index contributed by atoms with van der Waals surface area (Å²) in [5, 5.41) is 2.82. The van der Waals surface area contributed by atoms with Crippen molar-refractivity contribution in [3.8, 4) is 0 Å². The molecule has 0 saturated heterocycles. The summed E-state index contributed by atoms with van der Waals surface area (Å²) < 4.78 is 5.03. The Morgan fingerprint density at radius 1 is 1.38 bits per heavy atom. The van der Waals surface area contributed by atoms with Gasteiger partial charge in [0.2, 0.25) is 5.91 Å². The maximum absolute atomic E-state index is 11.7. The highest BCUT2D eigenvalue weighted by Gasteiger charge is 2.25. The fraction of sp³-hybridized carbons (Fsp3) is 0.438. The maximum Gasteiger partial charge on any atom is 0.272 e. The lowest BCUT2D eigenvalue weighted by Gasteiger charge is -2.27. The Morgan fingerprint density at radius 2 is 2.19 bits per heavy atom. The molecule has 1 atom stereocenters. The van der Waals surface area contributed by atoms with Crippen LogP contribution in [0.15, 0.2) is 40.6 Å². The monoisotopic (exact) mass is 288 g/mol. The van der Waals surface area contributed by atoms with E-state index in [0.29, 0.717) is 12.3 Å². The van der Waals surface area contributed by atoms with Crippen LogP contribution in [-0.4, -0.2) is 30.7 Å². The molecule has 0 aromatic rings. The third kappa shape index (κ3) is 3.98. The van der Waals surface area contributed by atoms with E-state index in [2.05, 4.69) is 17.2 Å². The number of hydrogen-bond acceptors (Lipinski definition) is 3. The Labute approximate surface area is 124 Å². The SMILES string of the molecule is CCCC1=CC(=O)NC2=CC(=NC(=O)COCC)C=CC12. The lowest BCUT2D eigenvalue weighted by Crippen LogP contribution is -2.33. The molecule has 21 heavy (non-hydrogen) atoms. The van der Waals surface area contributed by atoms with Gasteiger partial charge < -0.3 is 10.1 Å². The standard InChI is InChI=1S/C16H20N2O3/c1-3-5-11-8-15(19)18-14-9-12(6-7-13(11)14)17-16(20)10-21-4-2/h6-9,13H,3-5,10H2,1-2H3,(H,18,19). The Bertz CT molecular complexity index is 556. The topological polar surface area (TPSA) is 67.8 Å². The van der Waals surface area contributed by atoms with E-state index in [9.17, 15) is 9.59 Å². The molecule has 0 radical (unpaired) electrons. The van der Waals surface area contributed by atoms with Crippen molar-refractivity contribution in [3.63, 3.8) is 0 Å². The van der Waals surface area contributed by atoms with Crippen LogP contribution in [0.2, 0.25) is 0 Å². The molecule has 112 valence electrons. The second-order valence-corrected chi connectivity index (χ2v) is 4.96. The van der Waals surface area contributed by atoms with Gasteiger partial charge in [-0.3, -0.25) is 9.59 Å². The number of hydrogen-bond donors (Lipinski definition) is 1. The molecule has 2 amide bonds. The maximum atomic E-state index is 11.7. The summed E-state index contributed by atoms with van der Waals surface area (Å²) in [6.07, 6.45) is 9.09. The van der Waals surface area contributed by atoms with Crippen LogP contribution in [0, 0.1) is 5.92 Å². The molecule has 0 saturated carbocycles. The smallest absolute Gasteiger partial charge is 0.272 e. The number of amides is 2. The average molecular weight is 288 g/mol. The van der Waals surface area contributed by atoms with Crippen molar-refractivity contribution in [3.05, 3.63) is 35.6 Å². The lowest BCUT2D eigenvalue weighted by molar-refractivity contribution is -0.122. The first kappa shape index (κ1) is 15.4. The van der Waals surface area contributed by atoms with E-state index in [1.54, 1.807) is 12.2 Å². The molecule has 0 aromatic carbocycles. The first-order valence-corrected chi connectivity index (χ1v) is 7.24. The van der Waals surface area contributed by atoms with E-state index in [1.165, 1.54) is 0 Å². The number of allylic oxidation sites excluding steroid dienone is 3. The van der Waals surface area contributed by atoms with Gasteiger partial charge in [-0.05, 0) is 25.5 Å². The predicted molar refractivity (Wildman–Crippen MR) is 80.8 cm³/mol. The fourth-order valence-electron chi connectivity index (χ4n) is 2.42. The minimum atomic E-state index is -0.321. The Kier molecular flexibility index (Phi) is 5.22. The summed E-state index contributed by atoms with van der Waals surface area (Å²) in [5.74, 6) is -0.349. The number of fused-ring (bicyclic) bond motifs is 1. The van der Waals surface area contributed by atoms with Crippen LogP contribution in [0.3, 0.4) is 0 Å². The molecule has 1 heterocycles.